The van der Waals surface area contributed by atoms with Crippen LogP contribution in [0.4, 0.5) is 0 Å². The number of nitrogens with zero attached hydrogens (tertiary/aromatic N) is 4. The Morgan fingerprint density at radius 1 is 1.00 bits per heavy atom. The van der Waals surface area contributed by atoms with E-state index in [2.05, 4.69) is 15.6 Å². The topological polar surface area (TPSA) is 98.6 Å². The maximum atomic E-state index is 14.2. The van der Waals surface area contributed by atoms with E-state index in [-0.39, 0.29) is 24.4 Å². The summed E-state index contributed by atoms with van der Waals surface area (Å²) in [7, 11) is 3.14. The van der Waals surface area contributed by atoms with Crippen LogP contribution in [-0.2, 0) is 22.6 Å². The molecule has 9 heteroatoms. The highest BCUT2D eigenvalue weighted by atomic mass is 16.5. The van der Waals surface area contributed by atoms with Gasteiger partial charge in [-0.2, -0.15) is 0 Å². The molecule has 1 fully saturated rings. The van der Waals surface area contributed by atoms with Gasteiger partial charge in [-0.15, -0.1) is 5.10 Å². The number of hydrogen-bond donors (Lipinski definition) is 1. The maximum absolute atomic E-state index is 14.2. The lowest BCUT2D eigenvalue weighted by molar-refractivity contribution is -0.141. The van der Waals surface area contributed by atoms with E-state index < -0.39 is 6.04 Å². The van der Waals surface area contributed by atoms with E-state index in [1.807, 2.05) is 54.6 Å². The first-order valence-corrected chi connectivity index (χ1v) is 13.7. The number of ether oxygens (including phenoxy) is 2. The van der Waals surface area contributed by atoms with Crippen molar-refractivity contribution in [1.82, 2.24) is 25.2 Å². The van der Waals surface area contributed by atoms with Crippen LogP contribution in [0.3, 0.4) is 0 Å². The molecule has 0 radical (unpaired) electrons. The van der Waals surface area contributed by atoms with Crippen molar-refractivity contribution >= 4 is 22.8 Å². The third-order valence-electron chi connectivity index (χ3n) is 7.50. The molecule has 40 heavy (non-hydrogen) atoms. The largest absolute Gasteiger partial charge is 0.497 e. The van der Waals surface area contributed by atoms with E-state index in [0.717, 1.165) is 36.8 Å². The highest BCUT2D eigenvalue weighted by Crippen LogP contribution is 2.34. The fourth-order valence-electron chi connectivity index (χ4n) is 5.40. The molecule has 1 aromatic heterocycles. The van der Waals surface area contributed by atoms with Crippen molar-refractivity contribution in [2.24, 2.45) is 0 Å². The summed E-state index contributed by atoms with van der Waals surface area (Å²) in [6, 6.07) is 21.9. The molecular formula is C31H35N5O4. The van der Waals surface area contributed by atoms with Gasteiger partial charge < -0.3 is 19.7 Å². The molecule has 1 heterocycles. The Morgan fingerprint density at radius 2 is 1.75 bits per heavy atom. The molecule has 1 atom stereocenters. The van der Waals surface area contributed by atoms with Crippen LogP contribution in [0.1, 0.15) is 42.9 Å². The Labute approximate surface area is 234 Å². The number of nitrogens with one attached hydrogen (secondary N) is 1. The Kier molecular flexibility index (Phi) is 8.59. The zero-order valence-electron chi connectivity index (χ0n) is 23.0. The van der Waals surface area contributed by atoms with Crippen molar-refractivity contribution in [1.29, 1.82) is 0 Å². The molecule has 1 saturated carbocycles. The molecule has 4 aromatic rings. The van der Waals surface area contributed by atoms with Gasteiger partial charge in [0.25, 0.3) is 0 Å². The van der Waals surface area contributed by atoms with Gasteiger partial charge in [-0.3, -0.25) is 9.59 Å². The van der Waals surface area contributed by atoms with Gasteiger partial charge in [0.2, 0.25) is 11.8 Å². The molecule has 208 valence electrons. The standard InChI is InChI=1S/C31H35N5O4/c1-39-24-16-17-28(40-2)25(20-24)30(31(38)32-23-12-6-7-13-23)35(19-18-22-10-4-3-5-11-22)29(37)21-36-27-15-9-8-14-26(27)33-34-36/h3-5,8-11,14-17,20,23,30H,6-7,12-13,18-19,21H2,1-2H3,(H,32,38)/t30-/m0/s1. The van der Waals surface area contributed by atoms with Gasteiger partial charge in [-0.05, 0) is 55.2 Å². The summed E-state index contributed by atoms with van der Waals surface area (Å²) in [5, 5.41) is 11.7. The first-order chi connectivity index (χ1) is 19.6. The molecular weight excluding hydrogens is 506 g/mol. The normalized spacial score (nSPS) is 14.2. The second-order valence-corrected chi connectivity index (χ2v) is 10.1. The Balaban J connectivity index is 1.55. The summed E-state index contributed by atoms with van der Waals surface area (Å²) in [6.07, 6.45) is 4.58. The zero-order chi connectivity index (χ0) is 27.9. The molecule has 0 aliphatic heterocycles. The van der Waals surface area contributed by atoms with Crippen LogP contribution in [0.15, 0.2) is 72.8 Å². The number of hydrogen-bond acceptors (Lipinski definition) is 6. The molecule has 0 unspecified atom stereocenters. The summed E-state index contributed by atoms with van der Waals surface area (Å²) >= 11 is 0. The van der Waals surface area contributed by atoms with Gasteiger partial charge in [0, 0.05) is 18.2 Å². The third kappa shape index (κ3) is 6.09. The molecule has 1 aliphatic carbocycles. The predicted molar refractivity (Wildman–Crippen MR) is 152 cm³/mol. The Morgan fingerprint density at radius 3 is 2.50 bits per heavy atom. The second kappa shape index (κ2) is 12.6. The van der Waals surface area contributed by atoms with Crippen LogP contribution in [0.2, 0.25) is 0 Å². The molecule has 0 spiro atoms. The number of amides is 2. The van der Waals surface area contributed by atoms with E-state index in [4.69, 9.17) is 9.47 Å². The number of benzene rings is 3. The average Bonchev–Trinajstić information content (AvgIpc) is 3.65. The third-order valence-corrected chi connectivity index (χ3v) is 7.50. The van der Waals surface area contributed by atoms with Gasteiger partial charge in [0.1, 0.15) is 29.6 Å². The Hall–Kier alpha value is -4.40. The zero-order valence-corrected chi connectivity index (χ0v) is 23.0. The Bertz CT molecular complexity index is 1450. The molecule has 5 rings (SSSR count). The van der Waals surface area contributed by atoms with E-state index in [1.165, 1.54) is 0 Å². The van der Waals surface area contributed by atoms with Gasteiger partial charge in [0.15, 0.2) is 0 Å². The lowest BCUT2D eigenvalue weighted by Gasteiger charge is -2.33. The van der Waals surface area contributed by atoms with Gasteiger partial charge in [-0.1, -0.05) is 60.5 Å². The van der Waals surface area contributed by atoms with Crippen molar-refractivity contribution in [2.75, 3.05) is 20.8 Å². The van der Waals surface area contributed by atoms with Gasteiger partial charge >= 0.3 is 0 Å². The molecule has 9 nitrogen and oxygen atoms in total. The number of carbonyl (C=O) groups is 2. The number of para-hydroxylation sites is 1. The number of fused-ring (bicyclic) bond motifs is 1. The lowest BCUT2D eigenvalue weighted by Crippen LogP contribution is -2.47. The first kappa shape index (κ1) is 27.2. The van der Waals surface area contributed by atoms with Gasteiger partial charge in [0.05, 0.1) is 19.7 Å². The molecule has 0 bridgehead atoms. The average molecular weight is 542 g/mol. The van der Waals surface area contributed by atoms with Crippen molar-refractivity contribution < 1.29 is 19.1 Å². The molecule has 3 aromatic carbocycles. The summed E-state index contributed by atoms with van der Waals surface area (Å²) in [5.41, 5.74) is 3.10. The van der Waals surface area contributed by atoms with Crippen LogP contribution in [-0.4, -0.2) is 58.5 Å². The SMILES string of the molecule is COc1ccc(OC)c([C@@H](C(=O)NC2CCCC2)N(CCc2ccccc2)C(=O)Cn2nnc3ccccc32)c1. The molecule has 1 aliphatic rings. The van der Waals surface area contributed by atoms with Crippen molar-refractivity contribution in [3.05, 3.63) is 83.9 Å². The first-order valence-electron chi connectivity index (χ1n) is 13.7. The quantitative estimate of drug-likeness (QED) is 0.304. The molecule has 2 amide bonds. The summed E-state index contributed by atoms with van der Waals surface area (Å²) in [4.78, 5) is 29.9. The van der Waals surface area contributed by atoms with Crippen molar-refractivity contribution in [3.63, 3.8) is 0 Å². The van der Waals surface area contributed by atoms with Crippen LogP contribution in [0.5, 0.6) is 11.5 Å². The summed E-state index contributed by atoms with van der Waals surface area (Å²) in [6.45, 7) is 0.257. The van der Waals surface area contributed by atoms with Crippen molar-refractivity contribution in [3.8, 4) is 11.5 Å². The minimum atomic E-state index is -0.934. The molecule has 0 saturated heterocycles. The summed E-state index contributed by atoms with van der Waals surface area (Å²) < 4.78 is 12.8. The fourth-order valence-corrected chi connectivity index (χ4v) is 5.40. The van der Waals surface area contributed by atoms with E-state index in [0.29, 0.717) is 35.5 Å². The number of carbonyl (C=O) groups excluding carboxylic acids is 2. The highest BCUT2D eigenvalue weighted by Gasteiger charge is 2.35. The van der Waals surface area contributed by atoms with Crippen LogP contribution >= 0.6 is 0 Å². The predicted octanol–water partition coefficient (Wildman–Crippen LogP) is 4.32. The second-order valence-electron chi connectivity index (χ2n) is 10.1. The number of methoxy groups -OCH3 is 2. The highest BCUT2D eigenvalue weighted by molar-refractivity contribution is 5.90. The van der Waals surface area contributed by atoms with Crippen LogP contribution < -0.4 is 14.8 Å². The lowest BCUT2D eigenvalue weighted by atomic mass is 10.0. The minimum Gasteiger partial charge on any atom is -0.497 e. The monoisotopic (exact) mass is 541 g/mol. The van der Waals surface area contributed by atoms with E-state index in [1.54, 1.807) is 42.0 Å². The number of rotatable bonds is 11. The van der Waals surface area contributed by atoms with Crippen molar-refractivity contribution in [2.45, 2.75) is 50.7 Å². The minimum absolute atomic E-state index is 0.0607. The number of aromatic nitrogens is 3. The van der Waals surface area contributed by atoms with Gasteiger partial charge in [-0.25, -0.2) is 4.68 Å². The van der Waals surface area contributed by atoms with Crippen LogP contribution in [0, 0.1) is 0 Å². The van der Waals surface area contributed by atoms with E-state index >= 15 is 0 Å². The molecule has 1 N–H and O–H groups in total. The maximum Gasteiger partial charge on any atom is 0.247 e. The fraction of sp³-hybridized carbons (Fsp3) is 0.355. The smallest absolute Gasteiger partial charge is 0.247 e. The van der Waals surface area contributed by atoms with Crippen LogP contribution in [0.25, 0.3) is 11.0 Å². The van der Waals surface area contributed by atoms with E-state index in [9.17, 15) is 9.59 Å². The summed E-state index contributed by atoms with van der Waals surface area (Å²) in [5.74, 6) is 0.606.